The fourth-order valence-corrected chi connectivity index (χ4v) is 6.25. The molecule has 2 N–H and O–H groups in total. The van der Waals surface area contributed by atoms with Gasteiger partial charge < -0.3 is 14.9 Å². The van der Waals surface area contributed by atoms with E-state index in [-0.39, 0.29) is 16.6 Å². The van der Waals surface area contributed by atoms with Crippen molar-refractivity contribution < 1.29 is 8.42 Å². The Labute approximate surface area is 171 Å². The van der Waals surface area contributed by atoms with Crippen LogP contribution in [0.5, 0.6) is 0 Å². The van der Waals surface area contributed by atoms with Gasteiger partial charge in [0.25, 0.3) is 0 Å². The molecule has 148 valence electrons. The Morgan fingerprint density at radius 2 is 1.82 bits per heavy atom. The van der Waals surface area contributed by atoms with Gasteiger partial charge in [0.15, 0.2) is 0 Å². The zero-order valence-corrected chi connectivity index (χ0v) is 18.0. The molecule has 3 aromatic rings. The first kappa shape index (κ1) is 19.2. The van der Waals surface area contributed by atoms with E-state index in [1.807, 2.05) is 26.0 Å². The van der Waals surface area contributed by atoms with E-state index >= 15 is 0 Å². The molecule has 9 heteroatoms. The van der Waals surface area contributed by atoms with Crippen molar-refractivity contribution in [3.05, 3.63) is 56.9 Å². The van der Waals surface area contributed by atoms with Crippen LogP contribution in [0.15, 0.2) is 50.6 Å². The molecule has 0 radical (unpaired) electrons. The maximum absolute atomic E-state index is 13.3. The quantitative estimate of drug-likeness (QED) is 0.623. The monoisotopic (exact) mass is 464 g/mol. The number of rotatable bonds is 3. The maximum atomic E-state index is 13.3. The summed E-state index contributed by atoms with van der Waals surface area (Å²) in [6.45, 7) is 5.49. The van der Waals surface area contributed by atoms with Crippen LogP contribution in [-0.2, 0) is 10.0 Å². The Balaban J connectivity index is 1.63. The van der Waals surface area contributed by atoms with Crippen molar-refractivity contribution in [1.82, 2.24) is 14.3 Å². The number of aromatic amines is 2. The predicted molar refractivity (Wildman–Crippen MR) is 113 cm³/mol. The SMILES string of the molecule is Cc1cccc(N2CCN(S(=O)(=O)c3cc4[nH]c(=O)[nH]c4cc3Br)CC2C)c1. The standard InChI is InChI=1S/C19H21BrN4O3S/c1-12-4-3-5-14(8-12)24-7-6-23(11-13(24)2)28(26,27)18-10-17-16(9-15(18)20)21-19(25)22-17/h3-5,8-10,13H,6-7,11H2,1-2H3,(H2,21,22,25). The second-order valence-electron chi connectivity index (χ2n) is 7.15. The third-order valence-electron chi connectivity index (χ3n) is 5.11. The first-order chi connectivity index (χ1) is 13.3. The Bertz CT molecular complexity index is 1200. The van der Waals surface area contributed by atoms with Crippen molar-refractivity contribution in [2.24, 2.45) is 0 Å². The molecule has 1 aliphatic heterocycles. The summed E-state index contributed by atoms with van der Waals surface area (Å²) in [6, 6.07) is 11.4. The van der Waals surface area contributed by atoms with Crippen LogP contribution < -0.4 is 10.6 Å². The van der Waals surface area contributed by atoms with E-state index < -0.39 is 10.0 Å². The number of piperazine rings is 1. The van der Waals surface area contributed by atoms with Gasteiger partial charge in [-0.25, -0.2) is 13.2 Å². The molecule has 0 spiro atoms. The first-order valence-corrected chi connectivity index (χ1v) is 11.2. The van der Waals surface area contributed by atoms with Gasteiger partial charge in [0.1, 0.15) is 0 Å². The van der Waals surface area contributed by atoms with Crippen LogP contribution in [0, 0.1) is 6.92 Å². The van der Waals surface area contributed by atoms with Crippen molar-refractivity contribution in [3.8, 4) is 0 Å². The highest BCUT2D eigenvalue weighted by Crippen LogP contribution is 2.30. The van der Waals surface area contributed by atoms with Gasteiger partial charge in [0, 0.05) is 35.8 Å². The third-order valence-corrected chi connectivity index (χ3v) is 7.93. The molecule has 1 atom stereocenters. The molecule has 0 amide bonds. The third kappa shape index (κ3) is 3.38. The lowest BCUT2D eigenvalue weighted by Crippen LogP contribution is -2.53. The lowest BCUT2D eigenvalue weighted by atomic mass is 10.1. The second-order valence-corrected chi connectivity index (χ2v) is 9.91. The van der Waals surface area contributed by atoms with E-state index in [2.05, 4.69) is 42.9 Å². The molecule has 1 aromatic heterocycles. The molecule has 1 fully saturated rings. The summed E-state index contributed by atoms with van der Waals surface area (Å²) in [5.74, 6) is 0. The van der Waals surface area contributed by atoms with E-state index in [0.29, 0.717) is 35.1 Å². The average Bonchev–Trinajstić information content (AvgIpc) is 2.99. The van der Waals surface area contributed by atoms with E-state index in [9.17, 15) is 13.2 Å². The number of sulfonamides is 1. The van der Waals surface area contributed by atoms with Gasteiger partial charge in [-0.05, 0) is 59.6 Å². The van der Waals surface area contributed by atoms with Gasteiger partial charge in [0.2, 0.25) is 10.0 Å². The topological polar surface area (TPSA) is 89.3 Å². The predicted octanol–water partition coefficient (Wildman–Crippen LogP) is 2.83. The number of fused-ring (bicyclic) bond motifs is 1. The minimum absolute atomic E-state index is 0.0416. The highest BCUT2D eigenvalue weighted by atomic mass is 79.9. The minimum atomic E-state index is -3.70. The molecular weight excluding hydrogens is 444 g/mol. The number of nitrogens with zero attached hydrogens (tertiary/aromatic N) is 2. The Kier molecular flexibility index (Phi) is 4.84. The van der Waals surface area contributed by atoms with Crippen LogP contribution in [0.3, 0.4) is 0 Å². The van der Waals surface area contributed by atoms with Crippen LogP contribution in [0.4, 0.5) is 5.69 Å². The molecule has 0 bridgehead atoms. The maximum Gasteiger partial charge on any atom is 0.323 e. The number of nitrogens with one attached hydrogen (secondary N) is 2. The van der Waals surface area contributed by atoms with Crippen molar-refractivity contribution in [1.29, 1.82) is 0 Å². The van der Waals surface area contributed by atoms with Crippen LogP contribution in [0.25, 0.3) is 11.0 Å². The minimum Gasteiger partial charge on any atom is -0.366 e. The number of H-pyrrole nitrogens is 2. The summed E-state index contributed by atoms with van der Waals surface area (Å²) in [4.78, 5) is 19.2. The largest absolute Gasteiger partial charge is 0.366 e. The number of hydrogen-bond donors (Lipinski definition) is 2. The summed E-state index contributed by atoms with van der Waals surface area (Å²) < 4.78 is 28.5. The molecule has 7 nitrogen and oxygen atoms in total. The molecule has 1 unspecified atom stereocenters. The van der Waals surface area contributed by atoms with E-state index in [1.165, 1.54) is 15.9 Å². The van der Waals surface area contributed by atoms with Crippen molar-refractivity contribution in [3.63, 3.8) is 0 Å². The van der Waals surface area contributed by atoms with Gasteiger partial charge in [-0.2, -0.15) is 4.31 Å². The molecular formula is C19H21BrN4O3S. The molecule has 1 aliphatic rings. The number of hydrogen-bond acceptors (Lipinski definition) is 4. The fraction of sp³-hybridized carbons (Fsp3) is 0.316. The molecule has 4 rings (SSSR count). The number of aromatic nitrogens is 2. The molecule has 0 saturated carbocycles. The summed E-state index contributed by atoms with van der Waals surface area (Å²) >= 11 is 3.35. The average molecular weight is 465 g/mol. The highest BCUT2D eigenvalue weighted by molar-refractivity contribution is 9.10. The van der Waals surface area contributed by atoms with Gasteiger partial charge in [-0.15, -0.1) is 0 Å². The van der Waals surface area contributed by atoms with Crippen LogP contribution in [0.1, 0.15) is 12.5 Å². The van der Waals surface area contributed by atoms with E-state index in [4.69, 9.17) is 0 Å². The Morgan fingerprint density at radius 3 is 2.50 bits per heavy atom. The van der Waals surface area contributed by atoms with E-state index in [1.54, 1.807) is 6.07 Å². The van der Waals surface area contributed by atoms with Crippen molar-refractivity contribution >= 4 is 42.7 Å². The van der Waals surface area contributed by atoms with Gasteiger partial charge in [0.05, 0.1) is 15.9 Å². The fourth-order valence-electron chi connectivity index (χ4n) is 3.71. The van der Waals surface area contributed by atoms with Gasteiger partial charge >= 0.3 is 5.69 Å². The molecule has 1 saturated heterocycles. The number of halogens is 1. The van der Waals surface area contributed by atoms with Gasteiger partial charge in [-0.1, -0.05) is 12.1 Å². The first-order valence-electron chi connectivity index (χ1n) is 9.01. The smallest absolute Gasteiger partial charge is 0.323 e. The molecule has 2 aromatic carbocycles. The lowest BCUT2D eigenvalue weighted by molar-refractivity contribution is 0.342. The van der Waals surface area contributed by atoms with E-state index in [0.717, 1.165) is 5.69 Å². The van der Waals surface area contributed by atoms with Crippen LogP contribution in [0.2, 0.25) is 0 Å². The van der Waals surface area contributed by atoms with Crippen molar-refractivity contribution in [2.75, 3.05) is 24.5 Å². The van der Waals surface area contributed by atoms with Crippen LogP contribution >= 0.6 is 15.9 Å². The Hall–Kier alpha value is -2.10. The molecule has 0 aliphatic carbocycles. The summed E-state index contributed by atoms with van der Waals surface area (Å²) in [6.07, 6.45) is 0. The lowest BCUT2D eigenvalue weighted by Gasteiger charge is -2.40. The zero-order chi connectivity index (χ0) is 20.1. The summed E-state index contributed by atoms with van der Waals surface area (Å²) in [5.41, 5.74) is 2.96. The number of benzene rings is 2. The van der Waals surface area contributed by atoms with Gasteiger partial charge in [-0.3, -0.25) is 0 Å². The summed E-state index contributed by atoms with van der Waals surface area (Å²) in [7, 11) is -3.70. The molecule has 2 heterocycles. The normalized spacial score (nSPS) is 18.7. The van der Waals surface area contributed by atoms with Crippen LogP contribution in [-0.4, -0.2) is 48.4 Å². The van der Waals surface area contributed by atoms with Crippen molar-refractivity contribution in [2.45, 2.75) is 24.8 Å². The second kappa shape index (κ2) is 7.06. The number of aryl methyl sites for hydroxylation is 1. The number of anilines is 1. The number of imidazole rings is 1. The molecule has 28 heavy (non-hydrogen) atoms. The zero-order valence-electron chi connectivity index (χ0n) is 15.6. The highest BCUT2D eigenvalue weighted by Gasteiger charge is 2.33. The summed E-state index contributed by atoms with van der Waals surface area (Å²) in [5, 5.41) is 0. The Morgan fingerprint density at radius 1 is 1.11 bits per heavy atom.